The van der Waals surface area contributed by atoms with E-state index in [1.165, 1.54) is 0 Å². The zero-order valence-corrected chi connectivity index (χ0v) is 13.3. The Kier molecular flexibility index (Phi) is 4.42. The molecule has 0 aliphatic carbocycles. The highest BCUT2D eigenvalue weighted by Crippen LogP contribution is 2.28. The number of nitrogen functional groups attached to an aromatic ring is 1. The molecule has 0 aromatic heterocycles. The van der Waals surface area contributed by atoms with Gasteiger partial charge in [0.15, 0.2) is 0 Å². The second-order valence-electron chi connectivity index (χ2n) is 6.44. The first kappa shape index (κ1) is 15.6. The average molecular weight is 291 g/mol. The maximum absolute atomic E-state index is 11.9. The molecule has 1 aromatic carbocycles. The average Bonchev–Trinajstić information content (AvgIpc) is 2.39. The number of hydrogen-bond donors (Lipinski definition) is 2. The Morgan fingerprint density at radius 2 is 2.14 bits per heavy atom. The van der Waals surface area contributed by atoms with Crippen molar-refractivity contribution in [1.29, 1.82) is 0 Å². The summed E-state index contributed by atoms with van der Waals surface area (Å²) in [6.45, 7) is 4.95. The summed E-state index contributed by atoms with van der Waals surface area (Å²) in [6, 6.07) is 5.77. The second kappa shape index (κ2) is 5.93. The van der Waals surface area contributed by atoms with E-state index in [9.17, 15) is 4.79 Å². The van der Waals surface area contributed by atoms with Gasteiger partial charge in [-0.1, -0.05) is 0 Å². The molecule has 5 nitrogen and oxygen atoms in total. The lowest BCUT2D eigenvalue weighted by atomic mass is 9.93. The van der Waals surface area contributed by atoms with Crippen LogP contribution in [0.5, 0.6) is 0 Å². The number of anilines is 2. The molecular weight excluding hydrogens is 266 g/mol. The number of rotatable bonds is 3. The third-order valence-electron chi connectivity index (χ3n) is 3.76. The molecule has 3 N–H and O–H groups in total. The number of nitrogens with two attached hydrogens (primary N) is 1. The number of nitrogens with zero attached hydrogens (tertiary/aromatic N) is 1. The van der Waals surface area contributed by atoms with E-state index in [1.54, 1.807) is 25.1 Å². The van der Waals surface area contributed by atoms with Crippen molar-refractivity contribution in [2.45, 2.75) is 38.3 Å². The molecule has 1 fully saturated rings. The molecular formula is C16H25N3O2. The van der Waals surface area contributed by atoms with Crippen molar-refractivity contribution in [2.75, 3.05) is 31.8 Å². The first-order valence-corrected chi connectivity index (χ1v) is 7.30. The molecule has 5 heteroatoms. The SMILES string of the molecule is CN(C)C(=O)c1ccc(NC2CCOC(C)(C)C2)c(N)c1. The summed E-state index contributed by atoms with van der Waals surface area (Å²) in [5.41, 5.74) is 8.07. The van der Waals surface area contributed by atoms with Crippen LogP contribution in [0.25, 0.3) is 0 Å². The van der Waals surface area contributed by atoms with E-state index < -0.39 is 0 Å². The molecule has 2 rings (SSSR count). The van der Waals surface area contributed by atoms with Crippen LogP contribution in [0.1, 0.15) is 37.0 Å². The molecule has 1 saturated heterocycles. The summed E-state index contributed by atoms with van der Waals surface area (Å²) in [5, 5.41) is 3.47. The van der Waals surface area contributed by atoms with Gasteiger partial charge in [0, 0.05) is 32.3 Å². The van der Waals surface area contributed by atoms with Gasteiger partial charge in [-0.05, 0) is 44.9 Å². The summed E-state index contributed by atoms with van der Waals surface area (Å²) in [6.07, 6.45) is 1.89. The summed E-state index contributed by atoms with van der Waals surface area (Å²) in [4.78, 5) is 13.5. The van der Waals surface area contributed by atoms with Crippen LogP contribution in [0.3, 0.4) is 0 Å². The lowest BCUT2D eigenvalue weighted by Crippen LogP contribution is -2.40. The minimum atomic E-state index is -0.106. The van der Waals surface area contributed by atoms with Crippen molar-refractivity contribution in [3.63, 3.8) is 0 Å². The van der Waals surface area contributed by atoms with E-state index in [1.807, 2.05) is 12.1 Å². The minimum Gasteiger partial charge on any atom is -0.397 e. The molecule has 1 amide bonds. The monoisotopic (exact) mass is 291 g/mol. The fourth-order valence-electron chi connectivity index (χ4n) is 2.66. The lowest BCUT2D eigenvalue weighted by Gasteiger charge is -2.36. The first-order valence-electron chi connectivity index (χ1n) is 7.30. The lowest BCUT2D eigenvalue weighted by molar-refractivity contribution is -0.0553. The number of carbonyl (C=O) groups is 1. The van der Waals surface area contributed by atoms with Crippen LogP contribution < -0.4 is 11.1 Å². The third-order valence-corrected chi connectivity index (χ3v) is 3.76. The summed E-state index contributed by atoms with van der Waals surface area (Å²) < 4.78 is 5.72. The standard InChI is InChI=1S/C16H25N3O2/c1-16(2)10-12(7-8-21-16)18-14-6-5-11(9-13(14)17)15(20)19(3)4/h5-6,9,12,18H,7-8,10,17H2,1-4H3. The fraction of sp³-hybridized carbons (Fsp3) is 0.562. The molecule has 1 heterocycles. The predicted octanol–water partition coefficient (Wildman–Crippen LogP) is 2.34. The molecule has 0 bridgehead atoms. The van der Waals surface area contributed by atoms with Gasteiger partial charge in [0.05, 0.1) is 17.0 Å². The van der Waals surface area contributed by atoms with Crippen LogP contribution in [-0.4, -0.2) is 43.2 Å². The molecule has 1 aliphatic heterocycles. The van der Waals surface area contributed by atoms with Gasteiger partial charge in [0.2, 0.25) is 0 Å². The van der Waals surface area contributed by atoms with E-state index in [0.717, 1.165) is 25.1 Å². The van der Waals surface area contributed by atoms with Crippen molar-refractivity contribution < 1.29 is 9.53 Å². The van der Waals surface area contributed by atoms with Gasteiger partial charge in [0.25, 0.3) is 5.91 Å². The van der Waals surface area contributed by atoms with Crippen molar-refractivity contribution in [2.24, 2.45) is 0 Å². The Bertz CT molecular complexity index is 526. The van der Waals surface area contributed by atoms with Crippen LogP contribution in [0.2, 0.25) is 0 Å². The van der Waals surface area contributed by atoms with E-state index >= 15 is 0 Å². The van der Waals surface area contributed by atoms with Crippen molar-refractivity contribution in [1.82, 2.24) is 4.90 Å². The molecule has 0 saturated carbocycles. The van der Waals surface area contributed by atoms with Gasteiger partial charge in [-0.2, -0.15) is 0 Å². The largest absolute Gasteiger partial charge is 0.397 e. The van der Waals surface area contributed by atoms with Gasteiger partial charge in [-0.15, -0.1) is 0 Å². The Labute approximate surface area is 126 Å². The highest BCUT2D eigenvalue weighted by atomic mass is 16.5. The van der Waals surface area contributed by atoms with E-state index in [2.05, 4.69) is 19.2 Å². The van der Waals surface area contributed by atoms with Crippen LogP contribution in [0, 0.1) is 0 Å². The van der Waals surface area contributed by atoms with Gasteiger partial charge >= 0.3 is 0 Å². The first-order chi connectivity index (χ1) is 9.78. The minimum absolute atomic E-state index is 0.0413. The molecule has 1 unspecified atom stereocenters. The van der Waals surface area contributed by atoms with Gasteiger partial charge in [0.1, 0.15) is 0 Å². The number of carbonyl (C=O) groups excluding carboxylic acids is 1. The molecule has 21 heavy (non-hydrogen) atoms. The zero-order chi connectivity index (χ0) is 15.6. The van der Waals surface area contributed by atoms with Gasteiger partial charge in [-0.3, -0.25) is 4.79 Å². The normalized spacial score (nSPS) is 20.9. The quantitative estimate of drug-likeness (QED) is 0.839. The van der Waals surface area contributed by atoms with Crippen LogP contribution in [0.15, 0.2) is 18.2 Å². The molecule has 1 aromatic rings. The van der Waals surface area contributed by atoms with Gasteiger partial charge in [-0.25, -0.2) is 0 Å². The predicted molar refractivity (Wildman–Crippen MR) is 85.5 cm³/mol. The zero-order valence-electron chi connectivity index (χ0n) is 13.3. The van der Waals surface area contributed by atoms with Crippen molar-refractivity contribution in [3.8, 4) is 0 Å². The number of hydrogen-bond acceptors (Lipinski definition) is 4. The molecule has 1 aliphatic rings. The molecule has 1 atom stereocenters. The fourth-order valence-corrected chi connectivity index (χ4v) is 2.66. The van der Waals surface area contributed by atoms with Crippen LogP contribution in [0.4, 0.5) is 11.4 Å². The Hall–Kier alpha value is -1.75. The highest BCUT2D eigenvalue weighted by Gasteiger charge is 2.29. The summed E-state index contributed by atoms with van der Waals surface area (Å²) >= 11 is 0. The van der Waals surface area contributed by atoms with Crippen LogP contribution >= 0.6 is 0 Å². The highest BCUT2D eigenvalue weighted by molar-refractivity contribution is 5.95. The smallest absolute Gasteiger partial charge is 0.253 e. The van der Waals surface area contributed by atoms with E-state index in [4.69, 9.17) is 10.5 Å². The number of benzene rings is 1. The maximum atomic E-state index is 11.9. The Morgan fingerprint density at radius 1 is 1.43 bits per heavy atom. The Balaban J connectivity index is 2.09. The van der Waals surface area contributed by atoms with Crippen molar-refractivity contribution >= 4 is 17.3 Å². The van der Waals surface area contributed by atoms with E-state index in [0.29, 0.717) is 17.3 Å². The van der Waals surface area contributed by atoms with Crippen LogP contribution in [-0.2, 0) is 4.74 Å². The number of amides is 1. The van der Waals surface area contributed by atoms with Crippen molar-refractivity contribution in [3.05, 3.63) is 23.8 Å². The number of nitrogens with one attached hydrogen (secondary N) is 1. The Morgan fingerprint density at radius 3 is 2.71 bits per heavy atom. The van der Waals surface area contributed by atoms with E-state index in [-0.39, 0.29) is 11.5 Å². The summed E-state index contributed by atoms with van der Waals surface area (Å²) in [5.74, 6) is -0.0413. The second-order valence-corrected chi connectivity index (χ2v) is 6.44. The number of ether oxygens (including phenoxy) is 1. The molecule has 0 radical (unpaired) electrons. The van der Waals surface area contributed by atoms with Gasteiger partial charge < -0.3 is 20.7 Å². The third kappa shape index (κ3) is 3.88. The summed E-state index contributed by atoms with van der Waals surface area (Å²) in [7, 11) is 3.46. The maximum Gasteiger partial charge on any atom is 0.253 e. The molecule has 116 valence electrons. The topological polar surface area (TPSA) is 67.6 Å². The molecule has 0 spiro atoms.